The van der Waals surface area contributed by atoms with Crippen molar-refractivity contribution in [3.63, 3.8) is 0 Å². The molecule has 1 aromatic rings. The maximum Gasteiger partial charge on any atom is 0.263 e. The van der Waals surface area contributed by atoms with Gasteiger partial charge in [-0.05, 0) is 31.6 Å². The van der Waals surface area contributed by atoms with Gasteiger partial charge in [0.2, 0.25) is 0 Å². The van der Waals surface area contributed by atoms with E-state index in [-0.39, 0.29) is 5.56 Å². The van der Waals surface area contributed by atoms with E-state index in [9.17, 15) is 8.78 Å². The van der Waals surface area contributed by atoms with Crippen LogP contribution in [0.2, 0.25) is 0 Å². The minimum atomic E-state index is -2.40. The van der Waals surface area contributed by atoms with Crippen LogP contribution in [0.4, 0.5) is 8.78 Å². The van der Waals surface area contributed by atoms with Crippen LogP contribution in [0.3, 0.4) is 0 Å². The third-order valence-corrected chi connectivity index (χ3v) is 4.14. The number of rotatable bonds is 9. The van der Waals surface area contributed by atoms with Crippen molar-refractivity contribution in [2.24, 2.45) is 5.92 Å². The van der Waals surface area contributed by atoms with Crippen molar-refractivity contribution in [1.82, 2.24) is 10.2 Å². The molecule has 1 rings (SSSR count). The van der Waals surface area contributed by atoms with Crippen LogP contribution < -0.4 is 5.32 Å². The van der Waals surface area contributed by atoms with Crippen molar-refractivity contribution in [1.29, 1.82) is 0 Å². The zero-order chi connectivity index (χ0) is 15.8. The molecule has 0 saturated carbocycles. The molecule has 120 valence electrons. The van der Waals surface area contributed by atoms with Gasteiger partial charge in [-0.1, -0.05) is 44.9 Å². The number of nitrogens with one attached hydrogen (secondary N) is 1. The van der Waals surface area contributed by atoms with Crippen molar-refractivity contribution in [3.8, 4) is 0 Å². The number of nitrogens with zero attached hydrogens (tertiary/aromatic N) is 1. The second-order valence-corrected chi connectivity index (χ2v) is 5.78. The van der Waals surface area contributed by atoms with Crippen molar-refractivity contribution in [2.75, 3.05) is 20.6 Å². The molecule has 1 N–H and O–H groups in total. The first-order chi connectivity index (χ1) is 9.99. The van der Waals surface area contributed by atoms with Crippen LogP contribution in [-0.2, 0) is 6.54 Å². The quantitative estimate of drug-likeness (QED) is 0.739. The smallest absolute Gasteiger partial charge is 0.263 e. The summed E-state index contributed by atoms with van der Waals surface area (Å²) in [6.45, 7) is 5.94. The molecule has 0 bridgehead atoms. The molecule has 21 heavy (non-hydrogen) atoms. The van der Waals surface area contributed by atoms with Gasteiger partial charge in [0, 0.05) is 24.7 Å². The average molecular weight is 298 g/mol. The summed E-state index contributed by atoms with van der Waals surface area (Å²) in [5.41, 5.74) is 1.01. The molecule has 0 fully saturated rings. The molecule has 1 aromatic carbocycles. The molecule has 1 atom stereocenters. The van der Waals surface area contributed by atoms with Gasteiger partial charge in [0.05, 0.1) is 0 Å². The van der Waals surface area contributed by atoms with E-state index in [1.165, 1.54) is 6.07 Å². The molecule has 0 saturated heterocycles. The molecular weight excluding hydrogens is 270 g/mol. The molecule has 4 heteroatoms. The largest absolute Gasteiger partial charge is 0.311 e. The Kier molecular flexibility index (Phi) is 7.83. The molecule has 1 unspecified atom stereocenters. The van der Waals surface area contributed by atoms with Gasteiger partial charge in [0.15, 0.2) is 0 Å². The van der Waals surface area contributed by atoms with E-state index in [1.54, 1.807) is 12.1 Å². The first-order valence-electron chi connectivity index (χ1n) is 7.73. The summed E-state index contributed by atoms with van der Waals surface area (Å²) in [6.07, 6.45) is -0.0897. The van der Waals surface area contributed by atoms with Gasteiger partial charge in [0.25, 0.3) is 6.43 Å². The fourth-order valence-electron chi connectivity index (χ4n) is 2.81. The number of alkyl halides is 2. The summed E-state index contributed by atoms with van der Waals surface area (Å²) in [7, 11) is 4.20. The fraction of sp³-hybridized carbons (Fsp3) is 0.647. The SMILES string of the molecule is CCC(CC)C(CNCc1cccc(C(F)F)c1)N(C)C. The maximum absolute atomic E-state index is 12.7. The summed E-state index contributed by atoms with van der Waals surface area (Å²) in [4.78, 5) is 2.25. The third kappa shape index (κ3) is 5.71. The average Bonchev–Trinajstić information content (AvgIpc) is 2.46. The lowest BCUT2D eigenvalue weighted by molar-refractivity contribution is 0.151. The molecule has 2 nitrogen and oxygen atoms in total. The topological polar surface area (TPSA) is 15.3 Å². The third-order valence-electron chi connectivity index (χ3n) is 4.14. The highest BCUT2D eigenvalue weighted by Crippen LogP contribution is 2.20. The summed E-state index contributed by atoms with van der Waals surface area (Å²) in [5, 5.41) is 3.41. The molecule has 0 heterocycles. The summed E-state index contributed by atoms with van der Waals surface area (Å²) in [5.74, 6) is 0.653. The van der Waals surface area contributed by atoms with Crippen LogP contribution >= 0.6 is 0 Å². The number of benzene rings is 1. The Bertz CT molecular complexity index is 404. The second kappa shape index (κ2) is 9.11. The van der Waals surface area contributed by atoms with E-state index in [0.717, 1.165) is 24.9 Å². The van der Waals surface area contributed by atoms with E-state index < -0.39 is 6.43 Å². The highest BCUT2D eigenvalue weighted by Gasteiger charge is 2.20. The molecular formula is C17H28F2N2. The Hall–Kier alpha value is -1.00. The normalized spacial score (nSPS) is 13.4. The van der Waals surface area contributed by atoms with E-state index in [1.807, 2.05) is 6.07 Å². The molecule has 0 aliphatic carbocycles. The van der Waals surface area contributed by atoms with Gasteiger partial charge in [-0.25, -0.2) is 8.78 Å². The lowest BCUT2D eigenvalue weighted by Gasteiger charge is -2.31. The van der Waals surface area contributed by atoms with Crippen LogP contribution in [0.15, 0.2) is 24.3 Å². The highest BCUT2D eigenvalue weighted by molar-refractivity contribution is 5.24. The van der Waals surface area contributed by atoms with Crippen molar-refractivity contribution in [3.05, 3.63) is 35.4 Å². The van der Waals surface area contributed by atoms with Crippen LogP contribution in [0.25, 0.3) is 0 Å². The van der Waals surface area contributed by atoms with Gasteiger partial charge >= 0.3 is 0 Å². The van der Waals surface area contributed by atoms with Gasteiger partial charge in [-0.15, -0.1) is 0 Å². The lowest BCUT2D eigenvalue weighted by Crippen LogP contribution is -2.42. The lowest BCUT2D eigenvalue weighted by atomic mass is 9.93. The van der Waals surface area contributed by atoms with E-state index in [2.05, 4.69) is 38.2 Å². The van der Waals surface area contributed by atoms with Gasteiger partial charge < -0.3 is 10.2 Å². The van der Waals surface area contributed by atoms with Crippen molar-refractivity contribution >= 4 is 0 Å². The first-order valence-corrected chi connectivity index (χ1v) is 7.73. The van der Waals surface area contributed by atoms with Crippen LogP contribution in [0.5, 0.6) is 0 Å². The van der Waals surface area contributed by atoms with Crippen molar-refractivity contribution < 1.29 is 8.78 Å². The molecule has 0 aromatic heterocycles. The van der Waals surface area contributed by atoms with Gasteiger partial charge in [-0.3, -0.25) is 0 Å². The Morgan fingerprint density at radius 3 is 2.33 bits per heavy atom. The Morgan fingerprint density at radius 1 is 1.14 bits per heavy atom. The molecule has 0 aliphatic heterocycles. The van der Waals surface area contributed by atoms with Crippen LogP contribution in [0.1, 0.15) is 44.2 Å². The van der Waals surface area contributed by atoms with Gasteiger partial charge in [0.1, 0.15) is 0 Å². The van der Waals surface area contributed by atoms with E-state index >= 15 is 0 Å². The van der Waals surface area contributed by atoms with E-state index in [4.69, 9.17) is 0 Å². The summed E-state index contributed by atoms with van der Waals surface area (Å²) >= 11 is 0. The predicted molar refractivity (Wildman–Crippen MR) is 84.7 cm³/mol. The monoisotopic (exact) mass is 298 g/mol. The number of hydrogen-bond acceptors (Lipinski definition) is 2. The molecule has 0 spiro atoms. The number of hydrogen-bond donors (Lipinski definition) is 1. The number of likely N-dealkylation sites (N-methyl/N-ethyl adjacent to an activating group) is 1. The minimum absolute atomic E-state index is 0.0958. The maximum atomic E-state index is 12.7. The summed E-state index contributed by atoms with van der Waals surface area (Å²) < 4.78 is 25.3. The van der Waals surface area contributed by atoms with Crippen molar-refractivity contribution in [2.45, 2.75) is 45.7 Å². The van der Waals surface area contributed by atoms with Gasteiger partial charge in [-0.2, -0.15) is 0 Å². The minimum Gasteiger partial charge on any atom is -0.311 e. The Labute approximate surface area is 127 Å². The molecule has 0 amide bonds. The standard InChI is InChI=1S/C17H28F2N2/c1-5-14(6-2)16(21(3)4)12-20-11-13-8-7-9-15(10-13)17(18)19/h7-10,14,16-17,20H,5-6,11-12H2,1-4H3. The first kappa shape index (κ1) is 18.1. The zero-order valence-corrected chi connectivity index (χ0v) is 13.6. The van der Waals surface area contributed by atoms with E-state index in [0.29, 0.717) is 18.5 Å². The highest BCUT2D eigenvalue weighted by atomic mass is 19.3. The Morgan fingerprint density at radius 2 is 1.81 bits per heavy atom. The number of halogens is 2. The zero-order valence-electron chi connectivity index (χ0n) is 13.6. The summed E-state index contributed by atoms with van der Waals surface area (Å²) in [6, 6.07) is 7.11. The molecule has 0 radical (unpaired) electrons. The predicted octanol–water partition coefficient (Wildman–Crippen LogP) is 4.08. The second-order valence-electron chi connectivity index (χ2n) is 5.78. The van der Waals surface area contributed by atoms with Crippen LogP contribution in [-0.4, -0.2) is 31.6 Å². The Balaban J connectivity index is 2.56. The molecule has 0 aliphatic rings. The fourth-order valence-corrected chi connectivity index (χ4v) is 2.81. The van der Waals surface area contributed by atoms with Crippen LogP contribution in [0, 0.1) is 5.92 Å².